The average molecular weight is 377 g/mol. The van der Waals surface area contributed by atoms with Gasteiger partial charge in [-0.15, -0.1) is 0 Å². The minimum absolute atomic E-state index is 0.0891. The minimum Gasteiger partial charge on any atom is -0.319 e. The van der Waals surface area contributed by atoms with E-state index in [2.05, 4.69) is 21.5 Å². The number of primary sulfonamides is 1. The van der Waals surface area contributed by atoms with Crippen LogP contribution in [0.3, 0.4) is 0 Å². The van der Waals surface area contributed by atoms with Gasteiger partial charge >= 0.3 is 0 Å². The van der Waals surface area contributed by atoms with Crippen LogP contribution in [0.5, 0.6) is 0 Å². The number of sulfonamides is 1. The Balaban J connectivity index is 1.86. The van der Waals surface area contributed by atoms with Crippen molar-refractivity contribution in [1.29, 1.82) is 0 Å². The summed E-state index contributed by atoms with van der Waals surface area (Å²) in [7, 11) is -3.73. The molecule has 0 fully saturated rings. The van der Waals surface area contributed by atoms with Gasteiger partial charge in [-0.05, 0) is 43.2 Å². The highest BCUT2D eigenvalue weighted by Gasteiger charge is 2.14. The van der Waals surface area contributed by atoms with Gasteiger partial charge in [0.25, 0.3) is 0 Å². The predicted molar refractivity (Wildman–Crippen MR) is 100 cm³/mol. The van der Waals surface area contributed by atoms with E-state index in [1.54, 1.807) is 30.1 Å². The zero-order valence-electron chi connectivity index (χ0n) is 13.9. The number of imidazole rings is 1. The van der Waals surface area contributed by atoms with Crippen LogP contribution in [0.4, 0.5) is 0 Å². The van der Waals surface area contributed by atoms with Gasteiger partial charge in [-0.25, -0.2) is 18.5 Å². The molecule has 25 heavy (non-hydrogen) atoms. The van der Waals surface area contributed by atoms with Crippen molar-refractivity contribution in [3.8, 4) is 0 Å². The van der Waals surface area contributed by atoms with E-state index in [1.807, 2.05) is 18.2 Å². The summed E-state index contributed by atoms with van der Waals surface area (Å²) in [6.45, 7) is 2.93. The Morgan fingerprint density at radius 3 is 2.76 bits per heavy atom. The Labute approximate surface area is 151 Å². The van der Waals surface area contributed by atoms with Gasteiger partial charge in [-0.2, -0.15) is 0 Å². The monoisotopic (exact) mass is 376 g/mol. The minimum atomic E-state index is -3.73. The number of nitrogens with zero attached hydrogens (tertiary/aromatic N) is 3. The van der Waals surface area contributed by atoms with Crippen LogP contribution >= 0.6 is 11.8 Å². The fraction of sp³-hybridized carbons (Fsp3) is 0.294. The molecule has 0 saturated heterocycles. The smallest absolute Gasteiger partial charge is 0.238 e. The standard InChI is InChI=1S/C17H20N4O2S2/c1-2-10-21-16-7-6-14(25(18,22)23)12-15(16)20-17(21)24-11-8-13-5-3-4-9-19-13/h3-7,9,12H,2,8,10-11H2,1H3,(H2,18,22,23). The third-order valence-electron chi connectivity index (χ3n) is 3.78. The Bertz CT molecular complexity index is 969. The van der Waals surface area contributed by atoms with Crippen molar-refractivity contribution in [2.24, 2.45) is 5.14 Å². The summed E-state index contributed by atoms with van der Waals surface area (Å²) < 4.78 is 25.2. The van der Waals surface area contributed by atoms with E-state index in [1.165, 1.54) is 6.07 Å². The molecule has 0 aliphatic rings. The zero-order valence-corrected chi connectivity index (χ0v) is 15.6. The highest BCUT2D eigenvalue weighted by Crippen LogP contribution is 2.26. The number of pyridine rings is 1. The lowest BCUT2D eigenvalue weighted by atomic mass is 10.3. The lowest BCUT2D eigenvalue weighted by Crippen LogP contribution is -2.11. The first kappa shape index (κ1) is 17.9. The molecule has 0 saturated carbocycles. The molecule has 132 valence electrons. The molecule has 2 aromatic heterocycles. The predicted octanol–water partition coefficient (Wildman–Crippen LogP) is 2.82. The molecule has 0 spiro atoms. The largest absolute Gasteiger partial charge is 0.319 e. The number of hydrogen-bond acceptors (Lipinski definition) is 5. The van der Waals surface area contributed by atoms with E-state index in [0.29, 0.717) is 5.52 Å². The summed E-state index contributed by atoms with van der Waals surface area (Å²) >= 11 is 1.65. The van der Waals surface area contributed by atoms with Gasteiger partial charge in [0.05, 0.1) is 15.9 Å². The van der Waals surface area contributed by atoms with E-state index in [4.69, 9.17) is 5.14 Å². The molecule has 6 nitrogen and oxygen atoms in total. The van der Waals surface area contributed by atoms with E-state index < -0.39 is 10.0 Å². The highest BCUT2D eigenvalue weighted by atomic mass is 32.2. The van der Waals surface area contributed by atoms with Crippen LogP contribution < -0.4 is 5.14 Å². The molecule has 2 heterocycles. The van der Waals surface area contributed by atoms with Crippen molar-refractivity contribution < 1.29 is 8.42 Å². The van der Waals surface area contributed by atoms with Gasteiger partial charge < -0.3 is 4.57 Å². The fourth-order valence-corrected chi connectivity index (χ4v) is 4.14. The lowest BCUT2D eigenvalue weighted by Gasteiger charge is -2.07. The van der Waals surface area contributed by atoms with Crippen LogP contribution in [0.2, 0.25) is 0 Å². The van der Waals surface area contributed by atoms with Gasteiger partial charge in [0.15, 0.2) is 5.16 Å². The van der Waals surface area contributed by atoms with Crippen LogP contribution in [0, 0.1) is 0 Å². The molecule has 0 bridgehead atoms. The van der Waals surface area contributed by atoms with Crippen molar-refractivity contribution in [2.75, 3.05) is 5.75 Å². The Hall–Kier alpha value is -1.90. The normalized spacial score (nSPS) is 11.9. The Morgan fingerprint density at radius 1 is 1.24 bits per heavy atom. The van der Waals surface area contributed by atoms with Crippen molar-refractivity contribution in [3.63, 3.8) is 0 Å². The fourth-order valence-electron chi connectivity index (χ4n) is 2.61. The van der Waals surface area contributed by atoms with Crippen LogP contribution in [0.25, 0.3) is 11.0 Å². The maximum absolute atomic E-state index is 11.6. The van der Waals surface area contributed by atoms with E-state index in [0.717, 1.165) is 41.5 Å². The third kappa shape index (κ3) is 4.20. The molecule has 1 aromatic carbocycles. The maximum Gasteiger partial charge on any atom is 0.238 e. The molecule has 0 amide bonds. The Morgan fingerprint density at radius 2 is 2.08 bits per heavy atom. The third-order valence-corrected chi connectivity index (χ3v) is 5.67. The van der Waals surface area contributed by atoms with Crippen LogP contribution in [-0.2, 0) is 23.0 Å². The summed E-state index contributed by atoms with van der Waals surface area (Å²) in [4.78, 5) is 9.04. The number of nitrogens with two attached hydrogens (primary N) is 1. The van der Waals surface area contributed by atoms with Crippen molar-refractivity contribution >= 4 is 32.8 Å². The topological polar surface area (TPSA) is 90.9 Å². The first-order valence-corrected chi connectivity index (χ1v) is 10.6. The summed E-state index contributed by atoms with van der Waals surface area (Å²) in [5.41, 5.74) is 2.62. The maximum atomic E-state index is 11.6. The molecular formula is C17H20N4O2S2. The summed E-state index contributed by atoms with van der Waals surface area (Å²) in [5.74, 6) is 0.853. The molecule has 0 aliphatic carbocycles. The van der Waals surface area contributed by atoms with Crippen LogP contribution in [0.15, 0.2) is 52.6 Å². The van der Waals surface area contributed by atoms with Crippen molar-refractivity contribution in [1.82, 2.24) is 14.5 Å². The van der Waals surface area contributed by atoms with Crippen LogP contribution in [-0.4, -0.2) is 28.7 Å². The molecule has 0 unspecified atom stereocenters. The molecule has 0 atom stereocenters. The average Bonchev–Trinajstić information content (AvgIpc) is 2.92. The molecule has 3 rings (SSSR count). The molecule has 3 aromatic rings. The second-order valence-electron chi connectivity index (χ2n) is 5.66. The molecule has 0 aliphatic heterocycles. The summed E-state index contributed by atoms with van der Waals surface area (Å²) in [6.07, 6.45) is 3.61. The second kappa shape index (κ2) is 7.55. The van der Waals surface area contributed by atoms with Crippen molar-refractivity contribution in [2.45, 2.75) is 36.4 Å². The van der Waals surface area contributed by atoms with Gasteiger partial charge in [-0.3, -0.25) is 4.98 Å². The number of rotatable bonds is 7. The van der Waals surface area contributed by atoms with E-state index in [9.17, 15) is 8.42 Å². The summed E-state index contributed by atoms with van der Waals surface area (Å²) in [5, 5.41) is 6.11. The molecule has 2 N–H and O–H groups in total. The highest BCUT2D eigenvalue weighted by molar-refractivity contribution is 7.99. The molecule has 8 heteroatoms. The van der Waals surface area contributed by atoms with E-state index >= 15 is 0 Å². The number of aromatic nitrogens is 3. The van der Waals surface area contributed by atoms with Gasteiger partial charge in [-0.1, -0.05) is 24.8 Å². The summed E-state index contributed by atoms with van der Waals surface area (Å²) in [6, 6.07) is 10.7. The second-order valence-corrected chi connectivity index (χ2v) is 8.28. The van der Waals surface area contributed by atoms with Gasteiger partial charge in [0.1, 0.15) is 0 Å². The first-order valence-electron chi connectivity index (χ1n) is 8.05. The molecular weight excluding hydrogens is 356 g/mol. The molecule has 0 radical (unpaired) electrons. The van der Waals surface area contributed by atoms with Gasteiger partial charge in [0.2, 0.25) is 10.0 Å². The number of fused-ring (bicyclic) bond motifs is 1. The van der Waals surface area contributed by atoms with Gasteiger partial charge in [0, 0.05) is 24.2 Å². The number of thioether (sulfide) groups is 1. The number of hydrogen-bond donors (Lipinski definition) is 1. The number of benzene rings is 1. The van der Waals surface area contributed by atoms with Crippen molar-refractivity contribution in [3.05, 3.63) is 48.3 Å². The lowest BCUT2D eigenvalue weighted by molar-refractivity contribution is 0.598. The Kier molecular flexibility index (Phi) is 5.41. The zero-order chi connectivity index (χ0) is 17.9. The SMILES string of the molecule is CCCn1c(SCCc2ccccn2)nc2cc(S(N)(=O)=O)ccc21. The first-order chi connectivity index (χ1) is 12.0. The number of aryl methyl sites for hydroxylation is 2. The van der Waals surface area contributed by atoms with Crippen LogP contribution in [0.1, 0.15) is 19.0 Å². The van der Waals surface area contributed by atoms with E-state index in [-0.39, 0.29) is 4.90 Å². The quantitative estimate of drug-likeness (QED) is 0.640.